The Labute approximate surface area is 167 Å². The van der Waals surface area contributed by atoms with Crippen LogP contribution in [0.5, 0.6) is 0 Å². The summed E-state index contributed by atoms with van der Waals surface area (Å²) >= 11 is 0. The van der Waals surface area contributed by atoms with Gasteiger partial charge in [-0.2, -0.15) is 13.2 Å². The van der Waals surface area contributed by atoms with E-state index in [9.17, 15) is 18.0 Å². The molecule has 9 heteroatoms. The summed E-state index contributed by atoms with van der Waals surface area (Å²) in [6.07, 6.45) is -2.94. The highest BCUT2D eigenvalue weighted by molar-refractivity contribution is 5.99. The van der Waals surface area contributed by atoms with E-state index >= 15 is 0 Å². The second-order valence-electron chi connectivity index (χ2n) is 6.35. The summed E-state index contributed by atoms with van der Waals surface area (Å²) in [4.78, 5) is 18.7. The SMILES string of the molecule is Cl.Cl.O=C1c2c(cccc2C(F)(F)F)[C@H]2CNC[C@@H]2N1Cc1ccccn1. The minimum absolute atomic E-state index is 0. The maximum absolute atomic E-state index is 13.4. The first-order chi connectivity index (χ1) is 12.0. The van der Waals surface area contributed by atoms with Crippen LogP contribution in [0, 0.1) is 0 Å². The van der Waals surface area contributed by atoms with Crippen molar-refractivity contribution in [1.29, 1.82) is 0 Å². The summed E-state index contributed by atoms with van der Waals surface area (Å²) in [5.41, 5.74) is 0.0868. The zero-order valence-electron chi connectivity index (χ0n) is 14.1. The van der Waals surface area contributed by atoms with Gasteiger partial charge in [0.1, 0.15) is 0 Å². The average Bonchev–Trinajstić information content (AvgIpc) is 3.08. The minimum Gasteiger partial charge on any atom is -0.328 e. The summed E-state index contributed by atoms with van der Waals surface area (Å²) in [6, 6.07) is 9.19. The Hall–Kier alpha value is -1.83. The number of aromatic nitrogens is 1. The lowest BCUT2D eigenvalue weighted by atomic mass is 9.82. The lowest BCUT2D eigenvalue weighted by Crippen LogP contribution is -2.48. The summed E-state index contributed by atoms with van der Waals surface area (Å²) in [6.45, 7) is 1.33. The van der Waals surface area contributed by atoms with Gasteiger partial charge in [0.25, 0.3) is 5.91 Å². The highest BCUT2D eigenvalue weighted by atomic mass is 35.5. The number of halogens is 5. The van der Waals surface area contributed by atoms with E-state index in [4.69, 9.17) is 0 Å². The molecule has 2 aromatic rings. The van der Waals surface area contributed by atoms with E-state index in [0.29, 0.717) is 24.3 Å². The van der Waals surface area contributed by atoms with Crippen LogP contribution in [-0.2, 0) is 12.7 Å². The van der Waals surface area contributed by atoms with Gasteiger partial charge in [0, 0.05) is 25.2 Å². The highest BCUT2D eigenvalue weighted by Crippen LogP contribution is 2.42. The number of hydrogen-bond donors (Lipinski definition) is 1. The Morgan fingerprint density at radius 2 is 1.89 bits per heavy atom. The summed E-state index contributed by atoms with van der Waals surface area (Å²) in [5, 5.41) is 3.20. The lowest BCUT2D eigenvalue weighted by molar-refractivity contribution is -0.138. The maximum Gasteiger partial charge on any atom is 0.417 e. The molecule has 0 saturated carbocycles. The van der Waals surface area contributed by atoms with Crippen molar-refractivity contribution in [3.05, 3.63) is 65.0 Å². The molecule has 2 aliphatic rings. The number of hydrogen-bond acceptors (Lipinski definition) is 3. The molecule has 1 aromatic heterocycles. The lowest BCUT2D eigenvalue weighted by Gasteiger charge is -2.39. The van der Waals surface area contributed by atoms with E-state index in [0.717, 1.165) is 6.07 Å². The first-order valence-electron chi connectivity index (χ1n) is 8.08. The van der Waals surface area contributed by atoms with Crippen molar-refractivity contribution >= 4 is 30.7 Å². The summed E-state index contributed by atoms with van der Waals surface area (Å²) < 4.78 is 40.3. The zero-order valence-corrected chi connectivity index (χ0v) is 15.7. The van der Waals surface area contributed by atoms with Crippen molar-refractivity contribution in [3.8, 4) is 0 Å². The van der Waals surface area contributed by atoms with Crippen LogP contribution in [0.25, 0.3) is 0 Å². The quantitative estimate of drug-likeness (QED) is 0.807. The smallest absolute Gasteiger partial charge is 0.328 e. The number of carbonyl (C=O) groups is 1. The normalized spacial score (nSPS) is 21.0. The number of nitrogens with one attached hydrogen (secondary N) is 1. The van der Waals surface area contributed by atoms with Crippen LogP contribution < -0.4 is 5.32 Å². The van der Waals surface area contributed by atoms with Crippen molar-refractivity contribution in [1.82, 2.24) is 15.2 Å². The average molecular weight is 420 g/mol. The van der Waals surface area contributed by atoms with Crippen molar-refractivity contribution in [2.45, 2.75) is 24.7 Å². The molecular weight excluding hydrogens is 402 g/mol. The molecule has 0 aliphatic carbocycles. The molecule has 0 spiro atoms. The Kier molecular flexibility index (Phi) is 6.39. The number of pyridine rings is 1. The first kappa shape index (κ1) is 21.5. The van der Waals surface area contributed by atoms with Crippen LogP contribution in [0.15, 0.2) is 42.6 Å². The van der Waals surface area contributed by atoms with Crippen molar-refractivity contribution in [2.24, 2.45) is 0 Å². The molecule has 1 amide bonds. The summed E-state index contributed by atoms with van der Waals surface area (Å²) in [7, 11) is 0. The highest BCUT2D eigenvalue weighted by Gasteiger charge is 2.46. The molecule has 1 saturated heterocycles. The molecule has 0 radical (unpaired) electrons. The van der Waals surface area contributed by atoms with Gasteiger partial charge in [0.2, 0.25) is 0 Å². The third-order valence-electron chi connectivity index (χ3n) is 4.92. The Morgan fingerprint density at radius 1 is 1.11 bits per heavy atom. The van der Waals surface area contributed by atoms with Crippen LogP contribution in [0.3, 0.4) is 0 Å². The number of nitrogens with zero attached hydrogens (tertiary/aromatic N) is 2. The van der Waals surface area contributed by atoms with E-state index in [-0.39, 0.29) is 48.9 Å². The van der Waals surface area contributed by atoms with E-state index in [1.54, 1.807) is 30.5 Å². The molecule has 27 heavy (non-hydrogen) atoms. The second kappa shape index (κ2) is 8.04. The topological polar surface area (TPSA) is 45.2 Å². The molecule has 3 heterocycles. The molecule has 4 nitrogen and oxygen atoms in total. The van der Waals surface area contributed by atoms with Crippen LogP contribution in [0.1, 0.15) is 33.1 Å². The molecule has 1 fully saturated rings. The second-order valence-corrected chi connectivity index (χ2v) is 6.35. The predicted molar refractivity (Wildman–Crippen MR) is 99.4 cm³/mol. The van der Waals surface area contributed by atoms with E-state index in [2.05, 4.69) is 10.3 Å². The third-order valence-corrected chi connectivity index (χ3v) is 4.92. The van der Waals surface area contributed by atoms with Crippen molar-refractivity contribution in [3.63, 3.8) is 0 Å². The number of amides is 1. The Balaban J connectivity index is 0.00000131. The van der Waals surface area contributed by atoms with Crippen molar-refractivity contribution in [2.75, 3.05) is 13.1 Å². The minimum atomic E-state index is -4.56. The third kappa shape index (κ3) is 3.77. The zero-order chi connectivity index (χ0) is 17.6. The van der Waals surface area contributed by atoms with Gasteiger partial charge in [0.05, 0.1) is 29.4 Å². The molecular formula is C18H18Cl2F3N3O. The standard InChI is InChI=1S/C18H16F3N3O.2ClH/c19-18(20,21)14-6-3-5-12-13-8-22-9-15(13)24(17(25)16(12)14)10-11-4-1-2-7-23-11;;/h1-7,13,15,22H,8-10H2;2*1H/t13-,15+;;/m1../s1. The van der Waals surface area contributed by atoms with Crippen molar-refractivity contribution < 1.29 is 18.0 Å². The fraction of sp³-hybridized carbons (Fsp3) is 0.333. The fourth-order valence-electron chi connectivity index (χ4n) is 3.81. The number of rotatable bonds is 2. The number of fused-ring (bicyclic) bond motifs is 3. The first-order valence-corrected chi connectivity index (χ1v) is 8.08. The molecule has 2 aliphatic heterocycles. The molecule has 146 valence electrons. The fourth-order valence-corrected chi connectivity index (χ4v) is 3.81. The van der Waals surface area contributed by atoms with E-state index < -0.39 is 17.6 Å². The van der Waals surface area contributed by atoms with Gasteiger partial charge in [-0.25, -0.2) is 0 Å². The summed E-state index contributed by atoms with van der Waals surface area (Å²) in [5.74, 6) is -0.711. The van der Waals surface area contributed by atoms with Gasteiger partial charge >= 0.3 is 6.18 Å². The van der Waals surface area contributed by atoms with Gasteiger partial charge in [-0.15, -0.1) is 24.8 Å². The predicted octanol–water partition coefficient (Wildman–Crippen LogP) is 3.66. The van der Waals surface area contributed by atoms with Gasteiger partial charge in [-0.1, -0.05) is 18.2 Å². The van der Waals surface area contributed by atoms with Gasteiger partial charge in [-0.3, -0.25) is 9.78 Å². The van der Waals surface area contributed by atoms with Crippen LogP contribution in [-0.4, -0.2) is 34.9 Å². The van der Waals surface area contributed by atoms with Gasteiger partial charge in [-0.05, 0) is 23.8 Å². The monoisotopic (exact) mass is 419 g/mol. The molecule has 4 rings (SSSR count). The van der Waals surface area contributed by atoms with Gasteiger partial charge < -0.3 is 10.2 Å². The van der Waals surface area contributed by atoms with Crippen LogP contribution in [0.4, 0.5) is 13.2 Å². The molecule has 1 N–H and O–H groups in total. The number of alkyl halides is 3. The molecule has 0 unspecified atom stereocenters. The molecule has 1 aromatic carbocycles. The van der Waals surface area contributed by atoms with E-state index in [1.165, 1.54) is 11.0 Å². The van der Waals surface area contributed by atoms with Crippen LogP contribution >= 0.6 is 24.8 Å². The number of carbonyl (C=O) groups excluding carboxylic acids is 1. The largest absolute Gasteiger partial charge is 0.417 e. The van der Waals surface area contributed by atoms with Crippen LogP contribution in [0.2, 0.25) is 0 Å². The molecule has 0 bridgehead atoms. The van der Waals surface area contributed by atoms with Gasteiger partial charge in [0.15, 0.2) is 0 Å². The van der Waals surface area contributed by atoms with E-state index in [1.807, 2.05) is 0 Å². The number of benzene rings is 1. The maximum atomic E-state index is 13.4. The Morgan fingerprint density at radius 3 is 2.56 bits per heavy atom. The molecule has 2 atom stereocenters. The Bertz CT molecular complexity index is 817.